The molecule has 2 amide bonds. The molecule has 0 spiro atoms. The third kappa shape index (κ3) is 5.18. The number of allylic oxidation sites excluding steroid dienone is 1. The van der Waals surface area contributed by atoms with E-state index in [9.17, 15) is 10.1 Å². The van der Waals surface area contributed by atoms with Crippen molar-refractivity contribution in [3.05, 3.63) is 70.4 Å². The lowest BCUT2D eigenvalue weighted by Crippen LogP contribution is -2.46. The third-order valence-corrected chi connectivity index (χ3v) is 5.06. The molecule has 1 atom stereocenters. The zero-order valence-electron chi connectivity index (χ0n) is 18.7. The lowest BCUT2D eigenvalue weighted by Gasteiger charge is -2.33. The maximum atomic E-state index is 12.3. The SMILES string of the molecule is CCOc1cc([C@H]2NC(=O)NC(C(C)(C)C)=C2C#N)ccc1OCc1ccc(C)cc1. The van der Waals surface area contributed by atoms with Crippen LogP contribution >= 0.6 is 0 Å². The molecule has 0 saturated carbocycles. The highest BCUT2D eigenvalue weighted by Crippen LogP contribution is 2.37. The number of carbonyl (C=O) groups excluding carboxylic acids is 1. The number of aryl methyl sites for hydroxylation is 1. The molecule has 0 radical (unpaired) electrons. The molecule has 6 heteroatoms. The number of amides is 2. The summed E-state index contributed by atoms with van der Waals surface area (Å²) >= 11 is 0. The van der Waals surface area contributed by atoms with E-state index in [1.807, 2.05) is 77.1 Å². The fraction of sp³-hybridized carbons (Fsp3) is 0.360. The van der Waals surface area contributed by atoms with Gasteiger partial charge in [-0.25, -0.2) is 4.79 Å². The van der Waals surface area contributed by atoms with Crippen LogP contribution in [-0.4, -0.2) is 12.6 Å². The van der Waals surface area contributed by atoms with Crippen molar-refractivity contribution in [2.45, 2.75) is 47.3 Å². The van der Waals surface area contributed by atoms with Crippen LogP contribution in [-0.2, 0) is 6.61 Å². The molecule has 1 aliphatic heterocycles. The Kier molecular flexibility index (Phi) is 6.55. The Labute approximate surface area is 183 Å². The monoisotopic (exact) mass is 419 g/mol. The van der Waals surface area contributed by atoms with Gasteiger partial charge in [0.25, 0.3) is 0 Å². The summed E-state index contributed by atoms with van der Waals surface area (Å²) in [4.78, 5) is 12.3. The Bertz CT molecular complexity index is 1030. The molecule has 0 unspecified atom stereocenters. The quantitative estimate of drug-likeness (QED) is 0.678. The van der Waals surface area contributed by atoms with Gasteiger partial charge in [-0.15, -0.1) is 0 Å². The van der Waals surface area contributed by atoms with Crippen molar-refractivity contribution in [1.82, 2.24) is 10.6 Å². The van der Waals surface area contributed by atoms with Crippen LogP contribution in [0.15, 0.2) is 53.7 Å². The van der Waals surface area contributed by atoms with Gasteiger partial charge in [0.15, 0.2) is 11.5 Å². The van der Waals surface area contributed by atoms with Crippen molar-refractivity contribution in [1.29, 1.82) is 5.26 Å². The highest BCUT2D eigenvalue weighted by molar-refractivity contribution is 5.80. The van der Waals surface area contributed by atoms with Crippen LogP contribution in [0.3, 0.4) is 0 Å². The largest absolute Gasteiger partial charge is 0.490 e. The normalized spacial score (nSPS) is 16.3. The van der Waals surface area contributed by atoms with Crippen LogP contribution in [0.5, 0.6) is 11.5 Å². The number of ether oxygens (including phenoxy) is 2. The summed E-state index contributed by atoms with van der Waals surface area (Å²) in [6, 6.07) is 15.1. The van der Waals surface area contributed by atoms with E-state index in [4.69, 9.17) is 9.47 Å². The van der Waals surface area contributed by atoms with E-state index >= 15 is 0 Å². The van der Waals surface area contributed by atoms with Gasteiger partial charge in [-0.3, -0.25) is 0 Å². The molecule has 0 fully saturated rings. The Morgan fingerprint density at radius 3 is 2.39 bits per heavy atom. The summed E-state index contributed by atoms with van der Waals surface area (Å²) < 4.78 is 11.8. The topological polar surface area (TPSA) is 83.4 Å². The van der Waals surface area contributed by atoms with E-state index in [0.717, 1.165) is 11.1 Å². The third-order valence-electron chi connectivity index (χ3n) is 5.06. The van der Waals surface area contributed by atoms with Crippen molar-refractivity contribution < 1.29 is 14.3 Å². The average molecular weight is 420 g/mol. The number of benzene rings is 2. The first-order valence-corrected chi connectivity index (χ1v) is 10.4. The Morgan fingerprint density at radius 2 is 1.77 bits per heavy atom. The lowest BCUT2D eigenvalue weighted by atomic mass is 9.84. The molecule has 0 aromatic heterocycles. The Morgan fingerprint density at radius 1 is 1.06 bits per heavy atom. The molecule has 31 heavy (non-hydrogen) atoms. The number of rotatable bonds is 6. The molecule has 0 bridgehead atoms. The number of hydrogen-bond donors (Lipinski definition) is 2. The van der Waals surface area contributed by atoms with Crippen LogP contribution in [0, 0.1) is 23.7 Å². The summed E-state index contributed by atoms with van der Waals surface area (Å²) in [6.45, 7) is 10.7. The van der Waals surface area contributed by atoms with Crippen LogP contribution in [0.4, 0.5) is 4.79 Å². The molecule has 1 heterocycles. The first-order valence-electron chi connectivity index (χ1n) is 10.4. The summed E-state index contributed by atoms with van der Waals surface area (Å²) in [5.41, 5.74) is 3.76. The first kappa shape index (κ1) is 22.2. The predicted molar refractivity (Wildman–Crippen MR) is 120 cm³/mol. The average Bonchev–Trinajstić information content (AvgIpc) is 2.73. The summed E-state index contributed by atoms with van der Waals surface area (Å²) in [7, 11) is 0. The zero-order chi connectivity index (χ0) is 22.6. The molecule has 3 rings (SSSR count). The van der Waals surface area contributed by atoms with Crippen molar-refractivity contribution >= 4 is 6.03 Å². The van der Waals surface area contributed by atoms with E-state index < -0.39 is 6.04 Å². The van der Waals surface area contributed by atoms with E-state index in [2.05, 4.69) is 16.7 Å². The van der Waals surface area contributed by atoms with Gasteiger partial charge in [-0.2, -0.15) is 5.26 Å². The molecule has 1 aliphatic rings. The van der Waals surface area contributed by atoms with Crippen molar-refractivity contribution in [3.8, 4) is 17.6 Å². The second-order valence-electron chi connectivity index (χ2n) is 8.60. The zero-order valence-corrected chi connectivity index (χ0v) is 18.7. The van der Waals surface area contributed by atoms with Crippen LogP contribution < -0.4 is 20.1 Å². The fourth-order valence-corrected chi connectivity index (χ4v) is 3.46. The summed E-state index contributed by atoms with van der Waals surface area (Å²) in [5, 5.41) is 15.5. The molecular formula is C25H29N3O3. The van der Waals surface area contributed by atoms with Gasteiger partial charge in [0.05, 0.1) is 24.3 Å². The van der Waals surface area contributed by atoms with E-state index in [-0.39, 0.29) is 11.4 Å². The lowest BCUT2D eigenvalue weighted by molar-refractivity contribution is 0.235. The molecule has 6 nitrogen and oxygen atoms in total. The highest BCUT2D eigenvalue weighted by atomic mass is 16.5. The van der Waals surface area contributed by atoms with Gasteiger partial charge >= 0.3 is 6.03 Å². The maximum Gasteiger partial charge on any atom is 0.319 e. The molecule has 0 saturated heterocycles. The molecule has 2 aromatic carbocycles. The number of urea groups is 1. The summed E-state index contributed by atoms with van der Waals surface area (Å²) in [5.74, 6) is 1.19. The van der Waals surface area contributed by atoms with Gasteiger partial charge in [-0.05, 0) is 37.1 Å². The summed E-state index contributed by atoms with van der Waals surface area (Å²) in [6.07, 6.45) is 0. The highest BCUT2D eigenvalue weighted by Gasteiger charge is 2.34. The van der Waals surface area contributed by atoms with E-state index in [1.54, 1.807) is 0 Å². The Balaban J connectivity index is 1.93. The second kappa shape index (κ2) is 9.13. The van der Waals surface area contributed by atoms with Gasteiger partial charge in [0.1, 0.15) is 6.61 Å². The first-order chi connectivity index (χ1) is 14.7. The van der Waals surface area contributed by atoms with Gasteiger partial charge in [0, 0.05) is 11.1 Å². The smallest absolute Gasteiger partial charge is 0.319 e. The number of nitriles is 1. The molecule has 2 aromatic rings. The van der Waals surface area contributed by atoms with Crippen LogP contribution in [0.25, 0.3) is 0 Å². The van der Waals surface area contributed by atoms with Crippen molar-refractivity contribution in [2.75, 3.05) is 6.61 Å². The van der Waals surface area contributed by atoms with E-state index in [0.29, 0.717) is 36.0 Å². The minimum Gasteiger partial charge on any atom is -0.490 e. The maximum absolute atomic E-state index is 12.3. The van der Waals surface area contributed by atoms with E-state index in [1.165, 1.54) is 5.56 Å². The molecular weight excluding hydrogens is 390 g/mol. The van der Waals surface area contributed by atoms with Crippen LogP contribution in [0.2, 0.25) is 0 Å². The minimum atomic E-state index is -0.557. The number of nitrogens with zero attached hydrogens (tertiary/aromatic N) is 1. The van der Waals surface area contributed by atoms with Crippen molar-refractivity contribution in [2.24, 2.45) is 5.41 Å². The number of carbonyl (C=O) groups is 1. The molecule has 162 valence electrons. The van der Waals surface area contributed by atoms with Gasteiger partial charge in [0.2, 0.25) is 0 Å². The van der Waals surface area contributed by atoms with Gasteiger partial charge in [-0.1, -0.05) is 56.7 Å². The van der Waals surface area contributed by atoms with Gasteiger partial charge < -0.3 is 20.1 Å². The number of nitrogens with one attached hydrogen (secondary N) is 2. The van der Waals surface area contributed by atoms with Crippen molar-refractivity contribution in [3.63, 3.8) is 0 Å². The minimum absolute atomic E-state index is 0.327. The standard InChI is InChI=1S/C25H29N3O3/c1-6-30-21-13-18(11-12-20(21)31-15-17-9-7-16(2)8-10-17)22-19(14-26)23(25(3,4)5)28-24(29)27-22/h7-13,22H,6,15H2,1-5H3,(H2,27,28,29)/t22-/m1/s1. The number of hydrogen-bond acceptors (Lipinski definition) is 4. The van der Waals surface area contributed by atoms with Crippen LogP contribution in [0.1, 0.15) is 50.4 Å². The molecule has 0 aliphatic carbocycles. The second-order valence-corrected chi connectivity index (χ2v) is 8.60. The fourth-order valence-electron chi connectivity index (χ4n) is 3.46. The molecule has 2 N–H and O–H groups in total. The predicted octanol–water partition coefficient (Wildman–Crippen LogP) is 5.15. The Hall–Kier alpha value is -3.46.